The molecule has 1 heterocycles. The number of ether oxygens (including phenoxy) is 1. The minimum absolute atomic E-state index is 0.0803. The minimum Gasteiger partial charge on any atom is -0.381 e. The summed E-state index contributed by atoms with van der Waals surface area (Å²) in [4.78, 5) is 11.9. The molecule has 5 heteroatoms. The fourth-order valence-corrected chi connectivity index (χ4v) is 2.37. The largest absolute Gasteiger partial charge is 0.381 e. The highest BCUT2D eigenvalue weighted by atomic mass is 79.9. The summed E-state index contributed by atoms with van der Waals surface area (Å²) in [6, 6.07) is 5.20. The fourth-order valence-electron chi connectivity index (χ4n) is 1.94. The molecule has 0 radical (unpaired) electrons. The number of carbonyl (C=O) groups is 1. The van der Waals surface area contributed by atoms with Gasteiger partial charge in [-0.05, 0) is 52.9 Å². The maximum Gasteiger partial charge on any atom is 0.251 e. The van der Waals surface area contributed by atoms with Crippen molar-refractivity contribution >= 4 is 33.4 Å². The van der Waals surface area contributed by atoms with Crippen LogP contribution in [0, 0.1) is 5.92 Å². The molecule has 0 spiro atoms. The molecule has 1 N–H and O–H groups in total. The van der Waals surface area contributed by atoms with E-state index >= 15 is 0 Å². The van der Waals surface area contributed by atoms with E-state index in [1.165, 1.54) is 0 Å². The van der Waals surface area contributed by atoms with Crippen LogP contribution in [-0.4, -0.2) is 25.7 Å². The zero-order valence-electron chi connectivity index (χ0n) is 9.92. The molecule has 1 aromatic carbocycles. The van der Waals surface area contributed by atoms with Gasteiger partial charge in [0.2, 0.25) is 0 Å². The van der Waals surface area contributed by atoms with Gasteiger partial charge in [0.05, 0.1) is 5.02 Å². The molecule has 1 fully saturated rings. The van der Waals surface area contributed by atoms with Crippen LogP contribution >= 0.6 is 27.5 Å². The number of hydrogen-bond acceptors (Lipinski definition) is 2. The second-order valence-electron chi connectivity index (χ2n) is 4.40. The van der Waals surface area contributed by atoms with Crippen LogP contribution in [0.2, 0.25) is 5.02 Å². The summed E-state index contributed by atoms with van der Waals surface area (Å²) in [5, 5.41) is 3.45. The van der Waals surface area contributed by atoms with Crippen molar-refractivity contribution in [3.63, 3.8) is 0 Å². The van der Waals surface area contributed by atoms with Crippen LogP contribution in [0.1, 0.15) is 23.2 Å². The van der Waals surface area contributed by atoms with E-state index in [1.54, 1.807) is 18.2 Å². The predicted molar refractivity (Wildman–Crippen MR) is 75.0 cm³/mol. The van der Waals surface area contributed by atoms with Crippen molar-refractivity contribution in [2.24, 2.45) is 5.92 Å². The van der Waals surface area contributed by atoms with E-state index in [1.807, 2.05) is 0 Å². The normalized spacial score (nSPS) is 18.9. The first kappa shape index (κ1) is 13.8. The highest BCUT2D eigenvalue weighted by Gasteiger charge is 2.15. The zero-order valence-corrected chi connectivity index (χ0v) is 12.3. The topological polar surface area (TPSA) is 38.3 Å². The van der Waals surface area contributed by atoms with Gasteiger partial charge in [0.1, 0.15) is 0 Å². The van der Waals surface area contributed by atoms with Gasteiger partial charge in [-0.3, -0.25) is 4.79 Å². The Balaban J connectivity index is 1.81. The number of benzene rings is 1. The van der Waals surface area contributed by atoms with E-state index in [0.29, 0.717) is 23.0 Å². The summed E-state index contributed by atoms with van der Waals surface area (Å²) in [6.45, 7) is 2.35. The van der Waals surface area contributed by atoms with Crippen LogP contribution in [0.5, 0.6) is 0 Å². The first-order valence-corrected chi connectivity index (χ1v) is 7.15. The van der Waals surface area contributed by atoms with E-state index in [9.17, 15) is 4.79 Å². The van der Waals surface area contributed by atoms with Gasteiger partial charge in [-0.25, -0.2) is 0 Å². The Bertz CT molecular complexity index is 433. The van der Waals surface area contributed by atoms with Gasteiger partial charge in [0.25, 0.3) is 5.91 Å². The first-order valence-electron chi connectivity index (χ1n) is 5.98. The van der Waals surface area contributed by atoms with Gasteiger partial charge in [0.15, 0.2) is 0 Å². The summed E-state index contributed by atoms with van der Waals surface area (Å²) in [5.74, 6) is 0.502. The van der Waals surface area contributed by atoms with E-state index in [4.69, 9.17) is 16.3 Å². The molecule has 3 nitrogen and oxygen atoms in total. The molecule has 1 amide bonds. The summed E-state index contributed by atoms with van der Waals surface area (Å²) < 4.78 is 6.09. The second-order valence-corrected chi connectivity index (χ2v) is 5.66. The summed E-state index contributed by atoms with van der Waals surface area (Å²) >= 11 is 9.25. The maximum absolute atomic E-state index is 11.9. The molecule has 1 unspecified atom stereocenters. The number of nitrogens with one attached hydrogen (secondary N) is 1. The molecule has 1 aromatic rings. The summed E-state index contributed by atoms with van der Waals surface area (Å²) in [6.07, 6.45) is 2.07. The average Bonchev–Trinajstić information content (AvgIpc) is 2.85. The second kappa shape index (κ2) is 6.55. The predicted octanol–water partition coefficient (Wildman–Crippen LogP) is 3.26. The van der Waals surface area contributed by atoms with Crippen molar-refractivity contribution in [1.29, 1.82) is 0 Å². The molecule has 18 heavy (non-hydrogen) atoms. The van der Waals surface area contributed by atoms with E-state index in [0.717, 1.165) is 30.5 Å². The van der Waals surface area contributed by atoms with Crippen LogP contribution in [0.3, 0.4) is 0 Å². The third-order valence-electron chi connectivity index (χ3n) is 3.04. The van der Waals surface area contributed by atoms with Gasteiger partial charge in [0, 0.05) is 29.8 Å². The van der Waals surface area contributed by atoms with Gasteiger partial charge in [-0.15, -0.1) is 0 Å². The van der Waals surface area contributed by atoms with Crippen molar-refractivity contribution < 1.29 is 9.53 Å². The van der Waals surface area contributed by atoms with Crippen molar-refractivity contribution in [2.45, 2.75) is 12.8 Å². The highest BCUT2D eigenvalue weighted by molar-refractivity contribution is 9.10. The molecular weight excluding hydrogens is 318 g/mol. The van der Waals surface area contributed by atoms with Crippen molar-refractivity contribution in [3.05, 3.63) is 33.3 Å². The average molecular weight is 333 g/mol. The Morgan fingerprint density at radius 3 is 3.06 bits per heavy atom. The minimum atomic E-state index is -0.0803. The lowest BCUT2D eigenvalue weighted by Crippen LogP contribution is -2.26. The Morgan fingerprint density at radius 1 is 1.56 bits per heavy atom. The molecule has 98 valence electrons. The molecule has 1 aliphatic heterocycles. The van der Waals surface area contributed by atoms with E-state index in [-0.39, 0.29) is 5.91 Å². The third-order valence-corrected chi connectivity index (χ3v) is 4.28. The maximum atomic E-state index is 11.9. The summed E-state index contributed by atoms with van der Waals surface area (Å²) in [7, 11) is 0. The van der Waals surface area contributed by atoms with Crippen LogP contribution in [0.4, 0.5) is 0 Å². The SMILES string of the molecule is O=C(NCCC1CCOC1)c1ccc(Br)c(Cl)c1. The number of amides is 1. The van der Waals surface area contributed by atoms with Gasteiger partial charge in [-0.1, -0.05) is 11.6 Å². The smallest absolute Gasteiger partial charge is 0.251 e. The molecule has 1 aliphatic rings. The van der Waals surface area contributed by atoms with E-state index < -0.39 is 0 Å². The Morgan fingerprint density at radius 2 is 2.39 bits per heavy atom. The Kier molecular flexibility index (Phi) is 5.03. The molecule has 2 rings (SSSR count). The number of rotatable bonds is 4. The molecule has 1 saturated heterocycles. The van der Waals surface area contributed by atoms with Gasteiger partial charge in [-0.2, -0.15) is 0 Å². The lowest BCUT2D eigenvalue weighted by atomic mass is 10.1. The van der Waals surface area contributed by atoms with Crippen molar-refractivity contribution in [1.82, 2.24) is 5.32 Å². The highest BCUT2D eigenvalue weighted by Crippen LogP contribution is 2.23. The number of carbonyl (C=O) groups excluding carboxylic acids is 1. The van der Waals surface area contributed by atoms with E-state index in [2.05, 4.69) is 21.2 Å². The number of halogens is 2. The molecule has 0 bridgehead atoms. The molecular formula is C13H15BrClNO2. The molecule has 0 saturated carbocycles. The lowest BCUT2D eigenvalue weighted by molar-refractivity contribution is 0.0950. The van der Waals surface area contributed by atoms with Crippen molar-refractivity contribution in [2.75, 3.05) is 19.8 Å². The molecule has 0 aromatic heterocycles. The van der Waals surface area contributed by atoms with Crippen molar-refractivity contribution in [3.8, 4) is 0 Å². The van der Waals surface area contributed by atoms with Crippen LogP contribution in [0.25, 0.3) is 0 Å². The van der Waals surface area contributed by atoms with Crippen LogP contribution in [-0.2, 0) is 4.74 Å². The Labute approximate surface area is 120 Å². The molecule has 0 aliphatic carbocycles. The van der Waals surface area contributed by atoms with Gasteiger partial charge >= 0.3 is 0 Å². The lowest BCUT2D eigenvalue weighted by Gasteiger charge is -2.09. The van der Waals surface area contributed by atoms with Crippen LogP contribution < -0.4 is 5.32 Å². The fraction of sp³-hybridized carbons (Fsp3) is 0.462. The first-order chi connectivity index (χ1) is 8.66. The zero-order chi connectivity index (χ0) is 13.0. The standard InChI is InChI=1S/C13H15BrClNO2/c14-11-2-1-10(7-12(11)15)13(17)16-5-3-9-4-6-18-8-9/h1-2,7,9H,3-6,8H2,(H,16,17). The quantitative estimate of drug-likeness (QED) is 0.919. The number of hydrogen-bond donors (Lipinski definition) is 1. The van der Waals surface area contributed by atoms with Gasteiger partial charge < -0.3 is 10.1 Å². The summed E-state index contributed by atoms with van der Waals surface area (Å²) in [5.41, 5.74) is 0.589. The molecule has 1 atom stereocenters. The monoisotopic (exact) mass is 331 g/mol. The Hall–Kier alpha value is -0.580. The third kappa shape index (κ3) is 3.70. The van der Waals surface area contributed by atoms with Crippen LogP contribution in [0.15, 0.2) is 22.7 Å².